The highest BCUT2D eigenvalue weighted by atomic mass is 16.5. The molecule has 1 N–H and O–H groups in total. The van der Waals surface area contributed by atoms with Crippen molar-refractivity contribution in [3.05, 3.63) is 77.0 Å². The molecule has 0 bridgehead atoms. The van der Waals surface area contributed by atoms with E-state index in [1.54, 1.807) is 24.3 Å². The molecule has 2 rings (SSSR count). The molecule has 0 aromatic heterocycles. The zero-order valence-corrected chi connectivity index (χ0v) is 14.8. The summed E-state index contributed by atoms with van der Waals surface area (Å²) in [6.45, 7) is 2.93. The van der Waals surface area contributed by atoms with Gasteiger partial charge in [-0.2, -0.15) is 0 Å². The molecule has 0 spiro atoms. The number of carbonyl (C=O) groups excluding carboxylic acids is 3. The van der Waals surface area contributed by atoms with Crippen molar-refractivity contribution >= 4 is 23.7 Å². The van der Waals surface area contributed by atoms with Crippen molar-refractivity contribution in [2.24, 2.45) is 0 Å². The highest BCUT2D eigenvalue weighted by molar-refractivity contribution is 6.01. The quantitative estimate of drug-likeness (QED) is 0.472. The van der Waals surface area contributed by atoms with Crippen LogP contribution in [0, 0.1) is 0 Å². The molecular formula is C21H21NO4. The molecule has 1 amide bonds. The number of Topliss-reactive ketones (excluding diaryl/α,β-unsaturated/α-hetero) is 1. The van der Waals surface area contributed by atoms with E-state index in [0.717, 1.165) is 17.5 Å². The van der Waals surface area contributed by atoms with E-state index in [2.05, 4.69) is 5.32 Å². The van der Waals surface area contributed by atoms with Gasteiger partial charge in [-0.15, -0.1) is 0 Å². The third-order valence-electron chi connectivity index (χ3n) is 3.66. The average molecular weight is 351 g/mol. The number of benzene rings is 2. The number of rotatable bonds is 7. The van der Waals surface area contributed by atoms with Gasteiger partial charge in [0.15, 0.2) is 12.4 Å². The van der Waals surface area contributed by atoms with Crippen LogP contribution in [-0.2, 0) is 20.7 Å². The van der Waals surface area contributed by atoms with Crippen LogP contribution in [0.15, 0.2) is 60.3 Å². The molecule has 0 atom stereocenters. The average Bonchev–Trinajstić information content (AvgIpc) is 2.66. The summed E-state index contributed by atoms with van der Waals surface area (Å²) in [5, 5.41) is 2.44. The SMILES string of the molecule is CCc1ccc(C(=O)COC(=O)C(=Cc2ccccc2)NC(C)=O)cc1. The summed E-state index contributed by atoms with van der Waals surface area (Å²) in [5.74, 6) is -1.46. The maximum absolute atomic E-state index is 12.3. The minimum absolute atomic E-state index is 0.0159. The van der Waals surface area contributed by atoms with Crippen LogP contribution in [0.1, 0.15) is 35.3 Å². The van der Waals surface area contributed by atoms with Crippen LogP contribution in [0.25, 0.3) is 6.08 Å². The normalized spacial score (nSPS) is 10.9. The predicted molar refractivity (Wildman–Crippen MR) is 99.3 cm³/mol. The summed E-state index contributed by atoms with van der Waals surface area (Å²) in [7, 11) is 0. The standard InChI is InChI=1S/C21H21NO4/c1-3-16-9-11-18(12-10-16)20(24)14-26-21(25)19(22-15(2)23)13-17-7-5-4-6-8-17/h4-13H,3,14H2,1-2H3,(H,22,23). The molecule has 0 unspecified atom stereocenters. The fourth-order valence-corrected chi connectivity index (χ4v) is 2.27. The first-order valence-corrected chi connectivity index (χ1v) is 8.33. The van der Waals surface area contributed by atoms with Crippen LogP contribution in [0.4, 0.5) is 0 Å². The van der Waals surface area contributed by atoms with E-state index in [1.807, 2.05) is 37.3 Å². The number of ether oxygens (including phenoxy) is 1. The van der Waals surface area contributed by atoms with Crippen molar-refractivity contribution in [1.82, 2.24) is 5.32 Å². The van der Waals surface area contributed by atoms with Gasteiger partial charge in [0, 0.05) is 12.5 Å². The van der Waals surface area contributed by atoms with Gasteiger partial charge < -0.3 is 10.1 Å². The van der Waals surface area contributed by atoms with E-state index in [4.69, 9.17) is 4.74 Å². The lowest BCUT2D eigenvalue weighted by atomic mass is 10.1. The summed E-state index contributed by atoms with van der Waals surface area (Å²) >= 11 is 0. The molecule has 0 aliphatic rings. The molecule has 134 valence electrons. The van der Waals surface area contributed by atoms with Crippen LogP contribution in [0.3, 0.4) is 0 Å². The molecule has 0 aliphatic carbocycles. The van der Waals surface area contributed by atoms with Crippen molar-refractivity contribution in [1.29, 1.82) is 0 Å². The second-order valence-corrected chi connectivity index (χ2v) is 5.70. The number of amides is 1. The van der Waals surface area contributed by atoms with E-state index < -0.39 is 18.5 Å². The Kier molecular flexibility index (Phi) is 6.85. The Hall–Kier alpha value is -3.21. The highest BCUT2D eigenvalue weighted by Crippen LogP contribution is 2.09. The van der Waals surface area contributed by atoms with Crippen molar-refractivity contribution < 1.29 is 19.1 Å². The molecule has 0 saturated heterocycles. The van der Waals surface area contributed by atoms with Gasteiger partial charge in [0.25, 0.3) is 0 Å². The molecule has 5 heteroatoms. The molecular weight excluding hydrogens is 330 g/mol. The number of esters is 1. The molecule has 0 fully saturated rings. The third-order valence-corrected chi connectivity index (χ3v) is 3.66. The number of carbonyl (C=O) groups is 3. The molecule has 0 heterocycles. The molecule has 5 nitrogen and oxygen atoms in total. The summed E-state index contributed by atoms with van der Waals surface area (Å²) in [6, 6.07) is 16.2. The predicted octanol–water partition coefficient (Wildman–Crippen LogP) is 3.15. The summed E-state index contributed by atoms with van der Waals surface area (Å²) in [4.78, 5) is 35.8. The van der Waals surface area contributed by atoms with Crippen molar-refractivity contribution in [2.45, 2.75) is 20.3 Å². The lowest BCUT2D eigenvalue weighted by molar-refractivity contribution is -0.139. The number of ketones is 1. The maximum atomic E-state index is 12.3. The highest BCUT2D eigenvalue weighted by Gasteiger charge is 2.15. The number of nitrogens with one attached hydrogen (secondary N) is 1. The Morgan fingerprint density at radius 2 is 1.65 bits per heavy atom. The van der Waals surface area contributed by atoms with Crippen LogP contribution < -0.4 is 5.32 Å². The van der Waals surface area contributed by atoms with E-state index in [0.29, 0.717) is 5.56 Å². The van der Waals surface area contributed by atoms with Crippen molar-refractivity contribution in [3.8, 4) is 0 Å². The number of hydrogen-bond acceptors (Lipinski definition) is 4. The lowest BCUT2D eigenvalue weighted by Crippen LogP contribution is -2.27. The molecule has 2 aromatic carbocycles. The Bertz CT molecular complexity index is 808. The first-order valence-electron chi connectivity index (χ1n) is 8.33. The van der Waals surface area contributed by atoms with Gasteiger partial charge in [0.1, 0.15) is 5.70 Å². The van der Waals surface area contributed by atoms with Gasteiger partial charge in [-0.1, -0.05) is 61.5 Å². The summed E-state index contributed by atoms with van der Waals surface area (Å²) < 4.78 is 5.08. The summed E-state index contributed by atoms with van der Waals surface area (Å²) in [5.41, 5.74) is 2.31. The zero-order valence-electron chi connectivity index (χ0n) is 14.8. The number of aryl methyl sites for hydroxylation is 1. The lowest BCUT2D eigenvalue weighted by Gasteiger charge is -2.09. The van der Waals surface area contributed by atoms with Gasteiger partial charge in [-0.25, -0.2) is 4.79 Å². The molecule has 2 aromatic rings. The monoisotopic (exact) mass is 351 g/mol. The molecule has 0 aliphatic heterocycles. The van der Waals surface area contributed by atoms with Crippen molar-refractivity contribution in [2.75, 3.05) is 6.61 Å². The fourth-order valence-electron chi connectivity index (χ4n) is 2.27. The Balaban J connectivity index is 2.05. The Morgan fingerprint density at radius 3 is 2.23 bits per heavy atom. The van der Waals surface area contributed by atoms with Gasteiger partial charge in [0.2, 0.25) is 5.91 Å². The first-order chi connectivity index (χ1) is 12.5. The number of hydrogen-bond donors (Lipinski definition) is 1. The van der Waals surface area contributed by atoms with Crippen LogP contribution in [0.2, 0.25) is 0 Å². The topological polar surface area (TPSA) is 72.5 Å². The van der Waals surface area contributed by atoms with E-state index in [9.17, 15) is 14.4 Å². The van der Waals surface area contributed by atoms with Gasteiger partial charge in [-0.3, -0.25) is 9.59 Å². The summed E-state index contributed by atoms with van der Waals surface area (Å²) in [6.07, 6.45) is 2.39. The Morgan fingerprint density at radius 1 is 1.00 bits per heavy atom. The minimum Gasteiger partial charge on any atom is -0.453 e. The van der Waals surface area contributed by atoms with E-state index in [-0.39, 0.29) is 11.5 Å². The fraction of sp³-hybridized carbons (Fsp3) is 0.190. The van der Waals surface area contributed by atoms with Gasteiger partial charge >= 0.3 is 5.97 Å². The third kappa shape index (κ3) is 5.70. The zero-order chi connectivity index (χ0) is 18.9. The minimum atomic E-state index is -0.761. The van der Waals surface area contributed by atoms with E-state index in [1.165, 1.54) is 13.0 Å². The van der Waals surface area contributed by atoms with E-state index >= 15 is 0 Å². The molecule has 0 saturated carbocycles. The maximum Gasteiger partial charge on any atom is 0.355 e. The smallest absolute Gasteiger partial charge is 0.355 e. The second-order valence-electron chi connectivity index (χ2n) is 5.70. The van der Waals surface area contributed by atoms with Gasteiger partial charge in [0.05, 0.1) is 0 Å². The Labute approximate surface area is 152 Å². The van der Waals surface area contributed by atoms with Crippen molar-refractivity contribution in [3.63, 3.8) is 0 Å². The molecule has 0 radical (unpaired) electrons. The second kappa shape index (κ2) is 9.32. The largest absolute Gasteiger partial charge is 0.453 e. The van der Waals surface area contributed by atoms with Crippen LogP contribution >= 0.6 is 0 Å². The van der Waals surface area contributed by atoms with Crippen LogP contribution in [0.5, 0.6) is 0 Å². The van der Waals surface area contributed by atoms with Crippen LogP contribution in [-0.4, -0.2) is 24.3 Å². The first kappa shape index (κ1) is 19.1. The molecule has 26 heavy (non-hydrogen) atoms. The van der Waals surface area contributed by atoms with Gasteiger partial charge in [-0.05, 0) is 23.6 Å².